The first-order valence-electron chi connectivity index (χ1n) is 6.01. The molecule has 0 bridgehead atoms. The van der Waals surface area contributed by atoms with E-state index in [1.807, 2.05) is 19.9 Å². The van der Waals surface area contributed by atoms with E-state index in [4.69, 9.17) is 10.9 Å². The van der Waals surface area contributed by atoms with Crippen LogP contribution < -0.4 is 5.73 Å². The molecule has 0 fully saturated rings. The van der Waals surface area contributed by atoms with E-state index >= 15 is 0 Å². The summed E-state index contributed by atoms with van der Waals surface area (Å²) in [4.78, 5) is 2.06. The molecule has 0 aliphatic rings. The van der Waals surface area contributed by atoms with Gasteiger partial charge in [0.1, 0.15) is 11.7 Å². The van der Waals surface area contributed by atoms with Crippen molar-refractivity contribution in [2.45, 2.75) is 20.4 Å². The highest BCUT2D eigenvalue weighted by molar-refractivity contribution is 5.82. The molecule has 18 heavy (non-hydrogen) atoms. The Hall–Kier alpha value is -1.62. The molecule has 1 rings (SSSR count). The minimum absolute atomic E-state index is 0.0678. The number of halogens is 1. The van der Waals surface area contributed by atoms with Crippen LogP contribution in [0.2, 0.25) is 0 Å². The predicted molar refractivity (Wildman–Crippen MR) is 69.9 cm³/mol. The minimum atomic E-state index is -0.201. The predicted octanol–water partition coefficient (Wildman–Crippen LogP) is 2.03. The van der Waals surface area contributed by atoms with Gasteiger partial charge in [0.25, 0.3) is 0 Å². The topological polar surface area (TPSA) is 61.8 Å². The van der Waals surface area contributed by atoms with Crippen molar-refractivity contribution in [2.75, 3.05) is 13.1 Å². The van der Waals surface area contributed by atoms with Crippen molar-refractivity contribution in [3.8, 4) is 0 Å². The van der Waals surface area contributed by atoms with Gasteiger partial charge in [-0.2, -0.15) is 0 Å². The molecule has 0 saturated carbocycles. The second-order valence-corrected chi connectivity index (χ2v) is 4.35. The summed E-state index contributed by atoms with van der Waals surface area (Å²) in [6, 6.07) is 6.72. The van der Waals surface area contributed by atoms with E-state index in [0.717, 1.165) is 6.54 Å². The van der Waals surface area contributed by atoms with Crippen molar-refractivity contribution in [3.05, 3.63) is 35.6 Å². The van der Waals surface area contributed by atoms with E-state index in [-0.39, 0.29) is 17.6 Å². The molecular formula is C13H20FN3O. The van der Waals surface area contributed by atoms with Crippen LogP contribution in [0.15, 0.2) is 29.4 Å². The molecule has 3 N–H and O–H groups in total. The van der Waals surface area contributed by atoms with Gasteiger partial charge in [-0.25, -0.2) is 4.39 Å². The number of nitrogens with zero attached hydrogens (tertiary/aromatic N) is 2. The van der Waals surface area contributed by atoms with Gasteiger partial charge in [0.2, 0.25) is 0 Å². The fourth-order valence-electron chi connectivity index (χ4n) is 1.75. The zero-order chi connectivity index (χ0) is 13.5. The van der Waals surface area contributed by atoms with E-state index in [1.165, 1.54) is 6.07 Å². The summed E-state index contributed by atoms with van der Waals surface area (Å²) < 4.78 is 13.5. The molecule has 1 aromatic rings. The molecule has 0 heterocycles. The van der Waals surface area contributed by atoms with Gasteiger partial charge in [-0.3, -0.25) is 4.90 Å². The summed E-state index contributed by atoms with van der Waals surface area (Å²) in [6.07, 6.45) is 0. The minimum Gasteiger partial charge on any atom is -0.409 e. The average Bonchev–Trinajstić information content (AvgIpc) is 2.39. The fraction of sp³-hybridized carbons (Fsp3) is 0.462. The lowest BCUT2D eigenvalue weighted by Crippen LogP contribution is -2.34. The Balaban J connectivity index is 2.66. The van der Waals surface area contributed by atoms with Crippen LogP contribution in [0, 0.1) is 11.7 Å². The van der Waals surface area contributed by atoms with Crippen molar-refractivity contribution in [2.24, 2.45) is 16.8 Å². The summed E-state index contributed by atoms with van der Waals surface area (Å²) in [6.45, 7) is 5.79. The number of hydrogen-bond acceptors (Lipinski definition) is 3. The van der Waals surface area contributed by atoms with Gasteiger partial charge in [0.05, 0.1) is 0 Å². The van der Waals surface area contributed by atoms with E-state index < -0.39 is 0 Å². The summed E-state index contributed by atoms with van der Waals surface area (Å²) in [5.74, 6) is -0.0730. The number of oxime groups is 1. The Morgan fingerprint density at radius 1 is 1.50 bits per heavy atom. The summed E-state index contributed by atoms with van der Waals surface area (Å²) in [7, 11) is 0. The lowest BCUT2D eigenvalue weighted by Gasteiger charge is -2.23. The first kappa shape index (κ1) is 14.4. The smallest absolute Gasteiger partial charge is 0.143 e. The van der Waals surface area contributed by atoms with Crippen molar-refractivity contribution in [3.63, 3.8) is 0 Å². The van der Waals surface area contributed by atoms with Gasteiger partial charge in [-0.1, -0.05) is 37.2 Å². The molecule has 0 saturated heterocycles. The number of nitrogens with two attached hydrogens (primary N) is 1. The second kappa shape index (κ2) is 6.96. The van der Waals surface area contributed by atoms with Gasteiger partial charge >= 0.3 is 0 Å². The Kier molecular flexibility index (Phi) is 5.58. The molecule has 100 valence electrons. The molecule has 0 aliphatic heterocycles. The molecule has 1 aromatic carbocycles. The SMILES string of the molecule is CCN(Cc1ccccc1F)CC(C)C(N)=NO. The Morgan fingerprint density at radius 3 is 2.72 bits per heavy atom. The normalized spacial score (nSPS) is 13.9. The van der Waals surface area contributed by atoms with E-state index in [1.54, 1.807) is 12.1 Å². The van der Waals surface area contributed by atoms with E-state index in [9.17, 15) is 4.39 Å². The highest BCUT2D eigenvalue weighted by Gasteiger charge is 2.14. The second-order valence-electron chi connectivity index (χ2n) is 4.35. The lowest BCUT2D eigenvalue weighted by atomic mass is 10.1. The lowest BCUT2D eigenvalue weighted by molar-refractivity contribution is 0.254. The molecule has 0 radical (unpaired) electrons. The van der Waals surface area contributed by atoms with E-state index in [0.29, 0.717) is 18.7 Å². The highest BCUT2D eigenvalue weighted by atomic mass is 19.1. The van der Waals surface area contributed by atoms with Crippen LogP contribution in [-0.4, -0.2) is 29.0 Å². The summed E-state index contributed by atoms with van der Waals surface area (Å²) in [5, 5.41) is 11.6. The summed E-state index contributed by atoms with van der Waals surface area (Å²) in [5.41, 5.74) is 6.20. The molecule has 1 atom stereocenters. The Bertz CT molecular complexity index is 409. The van der Waals surface area contributed by atoms with Crippen LogP contribution in [0.4, 0.5) is 4.39 Å². The third kappa shape index (κ3) is 4.00. The van der Waals surface area contributed by atoms with Gasteiger partial charge in [-0.05, 0) is 12.6 Å². The zero-order valence-electron chi connectivity index (χ0n) is 10.8. The molecule has 5 heteroatoms. The van der Waals surface area contributed by atoms with Crippen molar-refractivity contribution < 1.29 is 9.60 Å². The third-order valence-electron chi connectivity index (χ3n) is 2.95. The van der Waals surface area contributed by atoms with Gasteiger partial charge in [0, 0.05) is 24.6 Å². The van der Waals surface area contributed by atoms with Crippen molar-refractivity contribution in [1.82, 2.24) is 4.90 Å². The molecule has 4 nitrogen and oxygen atoms in total. The molecular weight excluding hydrogens is 233 g/mol. The van der Waals surface area contributed by atoms with Crippen LogP contribution in [0.3, 0.4) is 0 Å². The standard InChI is InChI=1S/C13H20FN3O/c1-3-17(8-10(2)13(15)16-18)9-11-6-4-5-7-12(11)14/h4-7,10,18H,3,8-9H2,1-2H3,(H2,15,16). The van der Waals surface area contributed by atoms with E-state index in [2.05, 4.69) is 10.1 Å². The molecule has 0 amide bonds. The monoisotopic (exact) mass is 253 g/mol. The average molecular weight is 253 g/mol. The van der Waals surface area contributed by atoms with Crippen LogP contribution in [0.25, 0.3) is 0 Å². The third-order valence-corrected chi connectivity index (χ3v) is 2.95. The maximum Gasteiger partial charge on any atom is 0.143 e. The maximum atomic E-state index is 13.5. The fourth-order valence-corrected chi connectivity index (χ4v) is 1.75. The highest BCUT2D eigenvalue weighted by Crippen LogP contribution is 2.11. The number of amidine groups is 1. The van der Waals surface area contributed by atoms with Crippen LogP contribution in [0.1, 0.15) is 19.4 Å². The summed E-state index contributed by atoms with van der Waals surface area (Å²) >= 11 is 0. The van der Waals surface area contributed by atoms with Gasteiger partial charge < -0.3 is 10.9 Å². The van der Waals surface area contributed by atoms with Gasteiger partial charge in [-0.15, -0.1) is 0 Å². The largest absolute Gasteiger partial charge is 0.409 e. The van der Waals surface area contributed by atoms with Crippen LogP contribution in [-0.2, 0) is 6.54 Å². The molecule has 0 aromatic heterocycles. The quantitative estimate of drug-likeness (QED) is 0.353. The van der Waals surface area contributed by atoms with Crippen molar-refractivity contribution >= 4 is 5.84 Å². The molecule has 1 unspecified atom stereocenters. The van der Waals surface area contributed by atoms with Crippen LogP contribution in [0.5, 0.6) is 0 Å². The Morgan fingerprint density at radius 2 is 2.17 bits per heavy atom. The first-order chi connectivity index (χ1) is 8.58. The zero-order valence-corrected chi connectivity index (χ0v) is 10.8. The van der Waals surface area contributed by atoms with Gasteiger partial charge in [0.15, 0.2) is 0 Å². The number of rotatable bonds is 6. The van der Waals surface area contributed by atoms with Crippen molar-refractivity contribution in [1.29, 1.82) is 0 Å². The number of benzene rings is 1. The first-order valence-corrected chi connectivity index (χ1v) is 6.01. The van der Waals surface area contributed by atoms with Crippen LogP contribution >= 0.6 is 0 Å². The maximum absolute atomic E-state index is 13.5. The number of hydrogen-bond donors (Lipinski definition) is 2. The molecule has 0 spiro atoms. The molecule has 0 aliphatic carbocycles. The Labute approximate surface area is 107 Å².